The molecule has 4 heteroatoms. The fourth-order valence-electron chi connectivity index (χ4n) is 2.17. The van der Waals surface area contributed by atoms with Crippen LogP contribution < -0.4 is 11.3 Å². The molecule has 0 radical (unpaired) electrons. The molecule has 19 heavy (non-hydrogen) atoms. The number of pyridine rings is 1. The van der Waals surface area contributed by atoms with Crippen LogP contribution in [-0.4, -0.2) is 4.98 Å². The van der Waals surface area contributed by atoms with E-state index in [1.54, 1.807) is 12.5 Å². The highest BCUT2D eigenvalue weighted by molar-refractivity contribution is 5.78. The summed E-state index contributed by atoms with van der Waals surface area (Å²) in [5.41, 5.74) is 5.82. The Kier molecular flexibility index (Phi) is 3.27. The van der Waals surface area contributed by atoms with Gasteiger partial charge in [0, 0.05) is 5.39 Å². The lowest BCUT2D eigenvalue weighted by Crippen LogP contribution is -2.30. The fraction of sp³-hybridized carbons (Fsp3) is 0.133. The lowest BCUT2D eigenvalue weighted by atomic mass is 10.0. The van der Waals surface area contributed by atoms with Gasteiger partial charge in [0.25, 0.3) is 0 Å². The zero-order valence-corrected chi connectivity index (χ0v) is 10.4. The van der Waals surface area contributed by atoms with Crippen molar-refractivity contribution in [1.82, 2.24) is 10.4 Å². The second kappa shape index (κ2) is 5.22. The number of aromatic nitrogens is 1. The summed E-state index contributed by atoms with van der Waals surface area (Å²) in [5.74, 6) is 5.64. The summed E-state index contributed by atoms with van der Waals surface area (Å²) in [5, 5.41) is 1.13. The maximum atomic E-state index is 5.64. The Bertz CT molecular complexity index is 664. The summed E-state index contributed by atoms with van der Waals surface area (Å²) in [6, 6.07) is 14.0. The number of hydrogen-bond donors (Lipinski definition) is 2. The lowest BCUT2D eigenvalue weighted by molar-refractivity contribution is 0.528. The molecule has 0 saturated heterocycles. The van der Waals surface area contributed by atoms with E-state index in [2.05, 4.69) is 16.5 Å². The molecule has 0 amide bonds. The highest BCUT2D eigenvalue weighted by Crippen LogP contribution is 2.19. The summed E-state index contributed by atoms with van der Waals surface area (Å²) in [6.07, 6.45) is 4.14. The molecule has 96 valence electrons. The number of benzene rings is 1. The first kappa shape index (κ1) is 11.9. The summed E-state index contributed by atoms with van der Waals surface area (Å²) in [4.78, 5) is 4.65. The van der Waals surface area contributed by atoms with E-state index < -0.39 is 0 Å². The van der Waals surface area contributed by atoms with Gasteiger partial charge in [-0.2, -0.15) is 0 Å². The predicted molar refractivity (Wildman–Crippen MR) is 74.2 cm³/mol. The maximum Gasteiger partial charge on any atom is 0.0935 e. The number of nitrogens with one attached hydrogen (secondary N) is 1. The minimum Gasteiger partial charge on any atom is -0.472 e. The first-order chi connectivity index (χ1) is 9.36. The van der Waals surface area contributed by atoms with E-state index in [0.717, 1.165) is 28.6 Å². The van der Waals surface area contributed by atoms with E-state index in [-0.39, 0.29) is 6.04 Å². The van der Waals surface area contributed by atoms with Gasteiger partial charge in [0.05, 0.1) is 29.8 Å². The second-order valence-electron chi connectivity index (χ2n) is 4.48. The van der Waals surface area contributed by atoms with Gasteiger partial charge in [-0.25, -0.2) is 0 Å². The molecule has 3 N–H and O–H groups in total. The average Bonchev–Trinajstić information content (AvgIpc) is 2.97. The van der Waals surface area contributed by atoms with Gasteiger partial charge in [0.15, 0.2) is 0 Å². The second-order valence-corrected chi connectivity index (χ2v) is 4.48. The number of para-hydroxylation sites is 1. The van der Waals surface area contributed by atoms with Gasteiger partial charge in [0.2, 0.25) is 0 Å². The van der Waals surface area contributed by atoms with Gasteiger partial charge in [-0.05, 0) is 30.2 Å². The summed E-state index contributed by atoms with van der Waals surface area (Å²) >= 11 is 0. The molecule has 2 aromatic heterocycles. The summed E-state index contributed by atoms with van der Waals surface area (Å²) in [6.45, 7) is 0. The minimum atomic E-state index is -0.0257. The normalized spacial score (nSPS) is 12.7. The molecule has 0 fully saturated rings. The topological polar surface area (TPSA) is 64.1 Å². The van der Waals surface area contributed by atoms with Crippen molar-refractivity contribution in [3.63, 3.8) is 0 Å². The van der Waals surface area contributed by atoms with Crippen LogP contribution >= 0.6 is 0 Å². The lowest BCUT2D eigenvalue weighted by Gasteiger charge is -2.15. The highest BCUT2D eigenvalue weighted by Gasteiger charge is 2.13. The molecule has 0 spiro atoms. The molecule has 0 aliphatic rings. The Labute approximate surface area is 111 Å². The molecule has 1 atom stereocenters. The smallest absolute Gasteiger partial charge is 0.0935 e. The van der Waals surface area contributed by atoms with E-state index in [4.69, 9.17) is 10.3 Å². The zero-order chi connectivity index (χ0) is 13.1. The van der Waals surface area contributed by atoms with Gasteiger partial charge in [-0.3, -0.25) is 16.3 Å². The van der Waals surface area contributed by atoms with Crippen molar-refractivity contribution in [2.24, 2.45) is 5.84 Å². The van der Waals surface area contributed by atoms with Crippen LogP contribution in [-0.2, 0) is 6.42 Å². The number of hydrazine groups is 1. The van der Waals surface area contributed by atoms with Crippen molar-refractivity contribution in [3.8, 4) is 0 Å². The van der Waals surface area contributed by atoms with Crippen molar-refractivity contribution < 1.29 is 4.42 Å². The number of nitrogens with zero attached hydrogens (tertiary/aromatic N) is 1. The number of rotatable bonds is 4. The van der Waals surface area contributed by atoms with Gasteiger partial charge in [0.1, 0.15) is 0 Å². The molecule has 2 heterocycles. The molecule has 4 nitrogen and oxygen atoms in total. The van der Waals surface area contributed by atoms with Crippen LogP contribution in [0.4, 0.5) is 0 Å². The number of nitrogens with two attached hydrogens (primary N) is 1. The number of fused-ring (bicyclic) bond motifs is 1. The summed E-state index contributed by atoms with van der Waals surface area (Å²) < 4.78 is 5.08. The van der Waals surface area contributed by atoms with Crippen molar-refractivity contribution >= 4 is 10.9 Å². The maximum absolute atomic E-state index is 5.64. The van der Waals surface area contributed by atoms with Crippen molar-refractivity contribution in [3.05, 3.63) is 66.2 Å². The van der Waals surface area contributed by atoms with Crippen LogP contribution in [0.3, 0.4) is 0 Å². The molecule has 1 aromatic carbocycles. The average molecular weight is 253 g/mol. The molecular formula is C15H15N3O. The minimum absolute atomic E-state index is 0.0257. The largest absolute Gasteiger partial charge is 0.472 e. The molecule has 1 unspecified atom stereocenters. The quantitative estimate of drug-likeness (QED) is 0.554. The van der Waals surface area contributed by atoms with E-state index in [1.165, 1.54) is 0 Å². The number of furan rings is 1. The number of hydrogen-bond acceptors (Lipinski definition) is 4. The highest BCUT2D eigenvalue weighted by atomic mass is 16.3. The Balaban J connectivity index is 1.92. The Morgan fingerprint density at radius 3 is 2.84 bits per heavy atom. The Morgan fingerprint density at radius 2 is 2.05 bits per heavy atom. The third kappa shape index (κ3) is 2.50. The van der Waals surface area contributed by atoms with E-state index in [1.807, 2.05) is 36.4 Å². The van der Waals surface area contributed by atoms with Crippen LogP contribution in [0.1, 0.15) is 17.3 Å². The van der Waals surface area contributed by atoms with Crippen LogP contribution in [0.2, 0.25) is 0 Å². The predicted octanol–water partition coefficient (Wildman–Crippen LogP) is 2.57. The third-order valence-electron chi connectivity index (χ3n) is 3.20. The monoisotopic (exact) mass is 253 g/mol. The van der Waals surface area contributed by atoms with E-state index >= 15 is 0 Å². The zero-order valence-electron chi connectivity index (χ0n) is 10.4. The van der Waals surface area contributed by atoms with E-state index in [0.29, 0.717) is 0 Å². The molecule has 0 bridgehead atoms. The third-order valence-corrected chi connectivity index (χ3v) is 3.20. The van der Waals surface area contributed by atoms with Crippen molar-refractivity contribution in [2.75, 3.05) is 0 Å². The van der Waals surface area contributed by atoms with E-state index in [9.17, 15) is 0 Å². The Morgan fingerprint density at radius 1 is 1.16 bits per heavy atom. The molecule has 0 saturated carbocycles. The first-order valence-corrected chi connectivity index (χ1v) is 6.20. The van der Waals surface area contributed by atoms with Crippen LogP contribution in [0, 0.1) is 0 Å². The van der Waals surface area contributed by atoms with Crippen LogP contribution in [0.5, 0.6) is 0 Å². The molecule has 3 aromatic rings. The van der Waals surface area contributed by atoms with Gasteiger partial charge < -0.3 is 4.42 Å². The summed E-state index contributed by atoms with van der Waals surface area (Å²) in [7, 11) is 0. The van der Waals surface area contributed by atoms with Gasteiger partial charge >= 0.3 is 0 Å². The van der Waals surface area contributed by atoms with Crippen molar-refractivity contribution in [1.29, 1.82) is 0 Å². The Hall–Kier alpha value is -2.17. The van der Waals surface area contributed by atoms with Crippen molar-refractivity contribution in [2.45, 2.75) is 12.5 Å². The SMILES string of the molecule is NNC(Cc1ccoc1)c1ccc2ccccc2n1. The van der Waals surface area contributed by atoms with Crippen LogP contribution in [0.15, 0.2) is 59.4 Å². The van der Waals surface area contributed by atoms with Crippen LogP contribution in [0.25, 0.3) is 10.9 Å². The van der Waals surface area contributed by atoms with Gasteiger partial charge in [-0.1, -0.05) is 24.3 Å². The standard InChI is InChI=1S/C15H15N3O/c16-18-15(9-11-7-8-19-10-11)14-6-5-12-3-1-2-4-13(12)17-14/h1-8,10,15,18H,9,16H2. The first-order valence-electron chi connectivity index (χ1n) is 6.20. The molecule has 3 rings (SSSR count). The molecular weight excluding hydrogens is 238 g/mol. The van der Waals surface area contributed by atoms with Gasteiger partial charge in [-0.15, -0.1) is 0 Å². The fourth-order valence-corrected chi connectivity index (χ4v) is 2.17. The molecule has 0 aliphatic carbocycles. The molecule has 0 aliphatic heterocycles.